The molecule has 1 aliphatic heterocycles. The van der Waals surface area contributed by atoms with E-state index in [2.05, 4.69) is 22.5 Å². The van der Waals surface area contributed by atoms with Gasteiger partial charge in [-0.05, 0) is 43.9 Å². The van der Waals surface area contributed by atoms with Crippen LogP contribution in [0.1, 0.15) is 30.0 Å². The minimum Gasteiger partial charge on any atom is -0.496 e. The lowest BCUT2D eigenvalue weighted by Gasteiger charge is -2.34. The quantitative estimate of drug-likeness (QED) is 0.820. The van der Waals surface area contributed by atoms with Gasteiger partial charge in [-0.25, -0.2) is 0 Å². The summed E-state index contributed by atoms with van der Waals surface area (Å²) in [6.45, 7) is 1.61. The zero-order valence-corrected chi connectivity index (χ0v) is 17.0. The molecule has 1 aromatic carbocycles. The molecule has 0 aliphatic carbocycles. The van der Waals surface area contributed by atoms with Gasteiger partial charge in [-0.3, -0.25) is 9.48 Å². The minimum atomic E-state index is -0.325. The van der Waals surface area contributed by atoms with Crippen molar-refractivity contribution in [3.63, 3.8) is 0 Å². The van der Waals surface area contributed by atoms with Crippen LogP contribution in [0.15, 0.2) is 36.7 Å². The average molecular weight is 393 g/mol. The highest BCUT2D eigenvalue weighted by Crippen LogP contribution is 2.27. The fraction of sp³-hybridized carbons (Fsp3) is 0.500. The minimum absolute atomic E-state index is 0. The summed E-state index contributed by atoms with van der Waals surface area (Å²) in [5, 5.41) is 7.32. The number of halogens is 1. The molecule has 1 fully saturated rings. The number of piperidine rings is 1. The highest BCUT2D eigenvalue weighted by molar-refractivity contribution is 5.85. The number of likely N-dealkylation sites (N-methyl/N-ethyl adjacent to an activating group) is 1. The van der Waals surface area contributed by atoms with Crippen molar-refractivity contribution in [3.05, 3.63) is 47.8 Å². The van der Waals surface area contributed by atoms with Crippen molar-refractivity contribution in [2.24, 2.45) is 13.0 Å². The number of methoxy groups -OCH3 is 1. The number of hydrogen-bond acceptors (Lipinski definition) is 4. The summed E-state index contributed by atoms with van der Waals surface area (Å²) in [6, 6.07) is 7.88. The molecule has 2 aromatic rings. The first-order valence-electron chi connectivity index (χ1n) is 9.19. The number of rotatable bonds is 6. The third kappa shape index (κ3) is 5.02. The van der Waals surface area contributed by atoms with Crippen LogP contribution in [-0.2, 0) is 18.3 Å². The standard InChI is InChI=1S/C20H28N4O2.ClH/c1-21-19(17-13-22-23(2)14-17)20(25)24-10-8-15(9-11-24)12-16-6-4-5-7-18(16)26-3;/h4-7,13-15,19,21H,8-12H2,1-3H3;1H. The number of ether oxygens (including phenoxy) is 1. The van der Waals surface area contributed by atoms with Crippen molar-refractivity contribution in [1.82, 2.24) is 20.0 Å². The van der Waals surface area contributed by atoms with Crippen LogP contribution in [0.4, 0.5) is 0 Å². The van der Waals surface area contributed by atoms with Crippen molar-refractivity contribution in [2.75, 3.05) is 27.2 Å². The maximum atomic E-state index is 12.9. The van der Waals surface area contributed by atoms with Gasteiger partial charge in [-0.2, -0.15) is 5.10 Å². The molecular formula is C20H29ClN4O2. The van der Waals surface area contributed by atoms with E-state index in [4.69, 9.17) is 4.74 Å². The van der Waals surface area contributed by atoms with Gasteiger partial charge in [-0.15, -0.1) is 12.4 Å². The molecule has 0 bridgehead atoms. The molecule has 3 rings (SSSR count). The molecule has 7 heteroatoms. The second-order valence-electron chi connectivity index (χ2n) is 6.95. The monoisotopic (exact) mass is 392 g/mol. The molecule has 1 N–H and O–H groups in total. The molecule has 2 heterocycles. The average Bonchev–Trinajstić information content (AvgIpc) is 3.09. The van der Waals surface area contributed by atoms with E-state index in [1.54, 1.807) is 18.0 Å². The van der Waals surface area contributed by atoms with Gasteiger partial charge in [0.1, 0.15) is 11.8 Å². The van der Waals surface area contributed by atoms with Crippen LogP contribution >= 0.6 is 12.4 Å². The molecule has 1 saturated heterocycles. The summed E-state index contributed by atoms with van der Waals surface area (Å²) in [7, 11) is 5.41. The predicted octanol–water partition coefficient (Wildman–Crippen LogP) is 2.59. The molecule has 1 amide bonds. The number of nitrogens with one attached hydrogen (secondary N) is 1. The number of likely N-dealkylation sites (tertiary alicyclic amines) is 1. The molecule has 1 atom stereocenters. The second-order valence-corrected chi connectivity index (χ2v) is 6.95. The van der Waals surface area contributed by atoms with Gasteiger partial charge in [-0.1, -0.05) is 18.2 Å². The number of amides is 1. The van der Waals surface area contributed by atoms with Gasteiger partial charge >= 0.3 is 0 Å². The number of carbonyl (C=O) groups is 1. The van der Waals surface area contributed by atoms with Crippen molar-refractivity contribution in [1.29, 1.82) is 0 Å². The number of aryl methyl sites for hydroxylation is 1. The van der Waals surface area contributed by atoms with E-state index in [9.17, 15) is 4.79 Å². The van der Waals surface area contributed by atoms with Crippen molar-refractivity contribution >= 4 is 18.3 Å². The lowest BCUT2D eigenvalue weighted by Crippen LogP contribution is -2.44. The fourth-order valence-corrected chi connectivity index (χ4v) is 3.74. The van der Waals surface area contributed by atoms with E-state index in [-0.39, 0.29) is 24.4 Å². The van der Waals surface area contributed by atoms with Crippen LogP contribution in [0.3, 0.4) is 0 Å². The topological polar surface area (TPSA) is 59.4 Å². The summed E-state index contributed by atoms with van der Waals surface area (Å²) < 4.78 is 7.19. The summed E-state index contributed by atoms with van der Waals surface area (Å²) in [6.07, 6.45) is 6.70. The third-order valence-electron chi connectivity index (χ3n) is 5.22. The Bertz CT molecular complexity index is 741. The summed E-state index contributed by atoms with van der Waals surface area (Å²) >= 11 is 0. The van der Waals surface area contributed by atoms with Gasteiger partial charge in [0.25, 0.3) is 0 Å². The number of para-hydroxylation sites is 1. The largest absolute Gasteiger partial charge is 0.496 e. The lowest BCUT2D eigenvalue weighted by atomic mass is 9.89. The molecule has 27 heavy (non-hydrogen) atoms. The predicted molar refractivity (Wildman–Crippen MR) is 108 cm³/mol. The zero-order chi connectivity index (χ0) is 18.5. The first kappa shape index (κ1) is 21.3. The lowest BCUT2D eigenvalue weighted by molar-refractivity contribution is -0.134. The Labute approximate surface area is 167 Å². The van der Waals surface area contributed by atoms with E-state index in [0.29, 0.717) is 5.92 Å². The van der Waals surface area contributed by atoms with E-state index in [0.717, 1.165) is 43.7 Å². The molecule has 0 radical (unpaired) electrons. The second kappa shape index (κ2) is 9.76. The molecule has 1 aliphatic rings. The van der Waals surface area contributed by atoms with Gasteiger partial charge in [0.2, 0.25) is 5.91 Å². The number of nitrogens with zero attached hydrogens (tertiary/aromatic N) is 3. The maximum absolute atomic E-state index is 12.9. The SMILES string of the molecule is CNC(C(=O)N1CCC(Cc2ccccc2OC)CC1)c1cnn(C)c1.Cl. The third-order valence-corrected chi connectivity index (χ3v) is 5.22. The molecule has 0 spiro atoms. The van der Waals surface area contributed by atoms with Crippen molar-refractivity contribution in [2.45, 2.75) is 25.3 Å². The van der Waals surface area contributed by atoms with Gasteiger partial charge in [0.15, 0.2) is 0 Å². The number of aromatic nitrogens is 2. The fourth-order valence-electron chi connectivity index (χ4n) is 3.74. The Balaban J connectivity index is 0.00000261. The van der Waals surface area contributed by atoms with E-state index >= 15 is 0 Å². The Morgan fingerprint density at radius 2 is 2.04 bits per heavy atom. The molecule has 1 aromatic heterocycles. The zero-order valence-electron chi connectivity index (χ0n) is 16.2. The van der Waals surface area contributed by atoms with Crippen molar-refractivity contribution in [3.8, 4) is 5.75 Å². The van der Waals surface area contributed by atoms with Gasteiger partial charge < -0.3 is 15.0 Å². The first-order chi connectivity index (χ1) is 12.6. The van der Waals surface area contributed by atoms with Gasteiger partial charge in [0.05, 0.1) is 13.3 Å². The first-order valence-corrected chi connectivity index (χ1v) is 9.19. The molecule has 6 nitrogen and oxygen atoms in total. The van der Waals surface area contributed by atoms with E-state index in [1.807, 2.05) is 37.3 Å². The van der Waals surface area contributed by atoms with Crippen LogP contribution < -0.4 is 10.1 Å². The Morgan fingerprint density at radius 3 is 2.63 bits per heavy atom. The molecule has 1 unspecified atom stereocenters. The summed E-state index contributed by atoms with van der Waals surface area (Å²) in [5.41, 5.74) is 2.17. The van der Waals surface area contributed by atoms with Crippen LogP contribution in [0, 0.1) is 5.92 Å². The molecule has 0 saturated carbocycles. The Hall–Kier alpha value is -2.05. The highest BCUT2D eigenvalue weighted by atomic mass is 35.5. The van der Waals surface area contributed by atoms with Gasteiger partial charge in [0, 0.05) is 31.9 Å². The Kier molecular flexibility index (Phi) is 7.68. The Morgan fingerprint density at radius 1 is 1.33 bits per heavy atom. The van der Waals surface area contributed by atoms with Crippen molar-refractivity contribution < 1.29 is 9.53 Å². The van der Waals surface area contributed by atoms with Crippen LogP contribution in [0.2, 0.25) is 0 Å². The van der Waals surface area contributed by atoms with Crippen LogP contribution in [-0.4, -0.2) is 47.8 Å². The molecular weight excluding hydrogens is 364 g/mol. The number of benzene rings is 1. The van der Waals surface area contributed by atoms with E-state index < -0.39 is 0 Å². The number of carbonyl (C=O) groups excluding carboxylic acids is 1. The van der Waals surface area contributed by atoms with Crippen LogP contribution in [0.5, 0.6) is 5.75 Å². The highest BCUT2D eigenvalue weighted by Gasteiger charge is 2.29. The van der Waals surface area contributed by atoms with Crippen LogP contribution in [0.25, 0.3) is 0 Å². The normalized spacial score (nSPS) is 15.9. The smallest absolute Gasteiger partial charge is 0.244 e. The maximum Gasteiger partial charge on any atom is 0.244 e. The molecule has 148 valence electrons. The summed E-state index contributed by atoms with van der Waals surface area (Å²) in [5.74, 6) is 1.68. The number of hydrogen-bond donors (Lipinski definition) is 1. The summed E-state index contributed by atoms with van der Waals surface area (Å²) in [4.78, 5) is 14.9. The van der Waals surface area contributed by atoms with E-state index in [1.165, 1.54) is 5.56 Å².